The molecule has 2 aliphatic heterocycles. The first-order valence-corrected chi connectivity index (χ1v) is 7.96. The number of benzene rings is 2. The molecule has 116 valence electrons. The van der Waals surface area contributed by atoms with E-state index in [0.29, 0.717) is 13.1 Å². The Morgan fingerprint density at radius 1 is 1.09 bits per heavy atom. The van der Waals surface area contributed by atoms with Crippen molar-refractivity contribution in [3.05, 3.63) is 77.9 Å². The second-order valence-electron chi connectivity index (χ2n) is 6.48. The van der Waals surface area contributed by atoms with Gasteiger partial charge >= 0.3 is 0 Å². The van der Waals surface area contributed by atoms with Gasteiger partial charge in [0.15, 0.2) is 0 Å². The van der Waals surface area contributed by atoms with Crippen LogP contribution in [0.1, 0.15) is 11.1 Å². The molecule has 1 fully saturated rings. The molecule has 3 heteroatoms. The van der Waals surface area contributed by atoms with E-state index in [9.17, 15) is 4.79 Å². The Bertz CT molecular complexity index is 783. The molecule has 3 nitrogen and oxygen atoms in total. The molecule has 1 unspecified atom stereocenters. The maximum absolute atomic E-state index is 13.2. The van der Waals surface area contributed by atoms with Crippen LogP contribution in [0.5, 0.6) is 0 Å². The standard InChI is InChI=1S/C20H20N2O/c1-15-13-22(14-16-8-4-3-5-9-16)19(23)20(15)12-17-10-6-7-11-18(17)21(20)2/h3-11H,1,12-14H2,2H3. The van der Waals surface area contributed by atoms with Crippen molar-refractivity contribution in [2.75, 3.05) is 18.5 Å². The number of para-hydroxylation sites is 1. The van der Waals surface area contributed by atoms with Crippen molar-refractivity contribution < 1.29 is 4.79 Å². The van der Waals surface area contributed by atoms with E-state index in [-0.39, 0.29) is 5.91 Å². The van der Waals surface area contributed by atoms with Crippen LogP contribution in [0.4, 0.5) is 5.69 Å². The van der Waals surface area contributed by atoms with Gasteiger partial charge in [0.1, 0.15) is 5.54 Å². The lowest BCUT2D eigenvalue weighted by Crippen LogP contribution is -2.51. The van der Waals surface area contributed by atoms with Gasteiger partial charge in [0.25, 0.3) is 5.91 Å². The number of rotatable bonds is 2. The number of hydrogen-bond donors (Lipinski definition) is 0. The van der Waals surface area contributed by atoms with Crippen LogP contribution < -0.4 is 4.90 Å². The highest BCUT2D eigenvalue weighted by Crippen LogP contribution is 2.45. The van der Waals surface area contributed by atoms with Gasteiger partial charge in [-0.05, 0) is 22.8 Å². The van der Waals surface area contributed by atoms with Gasteiger partial charge in [-0.25, -0.2) is 0 Å². The molecule has 0 saturated carbocycles. The summed E-state index contributed by atoms with van der Waals surface area (Å²) >= 11 is 0. The van der Waals surface area contributed by atoms with E-state index in [4.69, 9.17) is 0 Å². The largest absolute Gasteiger partial charge is 0.356 e. The third kappa shape index (κ3) is 1.93. The summed E-state index contributed by atoms with van der Waals surface area (Å²) in [7, 11) is 2.01. The van der Waals surface area contributed by atoms with Crippen LogP contribution in [-0.2, 0) is 17.8 Å². The molecule has 1 amide bonds. The van der Waals surface area contributed by atoms with Gasteiger partial charge in [-0.1, -0.05) is 55.1 Å². The smallest absolute Gasteiger partial charge is 0.253 e. The Balaban J connectivity index is 1.67. The maximum Gasteiger partial charge on any atom is 0.253 e. The van der Waals surface area contributed by atoms with E-state index in [1.807, 2.05) is 42.3 Å². The van der Waals surface area contributed by atoms with Crippen LogP contribution in [0.15, 0.2) is 66.7 Å². The first-order valence-electron chi connectivity index (χ1n) is 7.96. The molecule has 0 aromatic heterocycles. The zero-order valence-electron chi connectivity index (χ0n) is 13.3. The van der Waals surface area contributed by atoms with Crippen LogP contribution in [-0.4, -0.2) is 29.9 Å². The molecule has 2 aromatic rings. The highest BCUT2D eigenvalue weighted by Gasteiger charge is 2.55. The third-order valence-electron chi connectivity index (χ3n) is 5.20. The van der Waals surface area contributed by atoms with E-state index >= 15 is 0 Å². The molecule has 0 radical (unpaired) electrons. The summed E-state index contributed by atoms with van der Waals surface area (Å²) in [5.41, 5.74) is 3.92. The molecule has 1 saturated heterocycles. The van der Waals surface area contributed by atoms with E-state index in [1.165, 1.54) is 5.56 Å². The van der Waals surface area contributed by atoms with Crippen molar-refractivity contribution >= 4 is 11.6 Å². The molecule has 1 atom stereocenters. The molecular weight excluding hydrogens is 284 g/mol. The number of carbonyl (C=O) groups excluding carboxylic acids is 1. The molecule has 23 heavy (non-hydrogen) atoms. The highest BCUT2D eigenvalue weighted by molar-refractivity contribution is 5.99. The highest BCUT2D eigenvalue weighted by atomic mass is 16.2. The fraction of sp³-hybridized carbons (Fsp3) is 0.250. The average Bonchev–Trinajstić information content (AvgIpc) is 3.00. The number of likely N-dealkylation sites (tertiary alicyclic amines) is 1. The van der Waals surface area contributed by atoms with Crippen LogP contribution in [0.3, 0.4) is 0 Å². The van der Waals surface area contributed by atoms with Crippen molar-refractivity contribution in [3.63, 3.8) is 0 Å². The molecule has 2 heterocycles. The third-order valence-corrected chi connectivity index (χ3v) is 5.20. The average molecular weight is 304 g/mol. The number of anilines is 1. The first kappa shape index (κ1) is 14.1. The first-order chi connectivity index (χ1) is 11.1. The fourth-order valence-corrected chi connectivity index (χ4v) is 3.95. The number of amides is 1. The lowest BCUT2D eigenvalue weighted by molar-refractivity contribution is -0.132. The van der Waals surface area contributed by atoms with Crippen molar-refractivity contribution in [3.8, 4) is 0 Å². The molecule has 2 aromatic carbocycles. The minimum absolute atomic E-state index is 0.171. The molecule has 1 spiro atoms. The van der Waals surface area contributed by atoms with Crippen LogP contribution in [0, 0.1) is 0 Å². The molecule has 2 aliphatic rings. The van der Waals surface area contributed by atoms with E-state index in [1.54, 1.807) is 0 Å². The Kier molecular flexibility index (Phi) is 3.05. The molecule has 0 aliphatic carbocycles. The van der Waals surface area contributed by atoms with Crippen LogP contribution >= 0.6 is 0 Å². The number of nitrogens with zero attached hydrogens (tertiary/aromatic N) is 2. The normalized spacial score (nSPS) is 23.0. The van der Waals surface area contributed by atoms with Crippen molar-refractivity contribution in [2.24, 2.45) is 0 Å². The number of fused-ring (bicyclic) bond motifs is 1. The van der Waals surface area contributed by atoms with Crippen molar-refractivity contribution in [2.45, 2.75) is 18.5 Å². The van der Waals surface area contributed by atoms with Gasteiger partial charge in [0.05, 0.1) is 0 Å². The zero-order chi connectivity index (χ0) is 16.0. The number of carbonyl (C=O) groups is 1. The predicted octanol–water partition coefficient (Wildman–Crippen LogP) is 3.02. The summed E-state index contributed by atoms with van der Waals surface area (Å²) in [6.45, 7) is 5.54. The second kappa shape index (κ2) is 4.98. The lowest BCUT2D eigenvalue weighted by Gasteiger charge is -2.33. The van der Waals surface area contributed by atoms with Gasteiger partial charge < -0.3 is 9.80 Å². The maximum atomic E-state index is 13.2. The van der Waals surface area contributed by atoms with Gasteiger partial charge in [-0.15, -0.1) is 0 Å². The van der Waals surface area contributed by atoms with E-state index in [2.05, 4.69) is 35.7 Å². The predicted molar refractivity (Wildman–Crippen MR) is 92.3 cm³/mol. The monoisotopic (exact) mass is 304 g/mol. The van der Waals surface area contributed by atoms with Gasteiger partial charge in [0, 0.05) is 32.2 Å². The topological polar surface area (TPSA) is 23.6 Å². The lowest BCUT2D eigenvalue weighted by atomic mass is 9.89. The van der Waals surface area contributed by atoms with E-state index < -0.39 is 5.54 Å². The van der Waals surface area contributed by atoms with Crippen LogP contribution in [0.2, 0.25) is 0 Å². The Labute approximate surface area is 136 Å². The summed E-state index contributed by atoms with van der Waals surface area (Å²) in [4.78, 5) is 17.3. The summed E-state index contributed by atoms with van der Waals surface area (Å²) in [6, 6.07) is 18.4. The van der Waals surface area contributed by atoms with Gasteiger partial charge in [0.2, 0.25) is 0 Å². The Morgan fingerprint density at radius 2 is 1.78 bits per heavy atom. The SMILES string of the molecule is C=C1CN(Cc2ccccc2)C(=O)C12Cc1ccccc1N2C. The number of likely N-dealkylation sites (N-methyl/N-ethyl adjacent to an activating group) is 1. The Hall–Kier alpha value is -2.55. The van der Waals surface area contributed by atoms with Crippen molar-refractivity contribution in [1.29, 1.82) is 0 Å². The molecule has 0 N–H and O–H groups in total. The Morgan fingerprint density at radius 3 is 2.52 bits per heavy atom. The molecule has 4 rings (SSSR count). The van der Waals surface area contributed by atoms with Crippen molar-refractivity contribution in [1.82, 2.24) is 4.90 Å². The second-order valence-corrected chi connectivity index (χ2v) is 6.48. The summed E-state index contributed by atoms with van der Waals surface area (Å²) < 4.78 is 0. The zero-order valence-corrected chi connectivity index (χ0v) is 13.3. The minimum atomic E-state index is -0.599. The summed E-state index contributed by atoms with van der Waals surface area (Å²) in [5, 5.41) is 0. The summed E-state index contributed by atoms with van der Waals surface area (Å²) in [6.07, 6.45) is 0.725. The van der Waals surface area contributed by atoms with Gasteiger partial charge in [-0.2, -0.15) is 0 Å². The minimum Gasteiger partial charge on any atom is -0.356 e. The molecular formula is C20H20N2O. The fourth-order valence-electron chi connectivity index (χ4n) is 3.95. The van der Waals surface area contributed by atoms with E-state index in [0.717, 1.165) is 23.2 Å². The summed E-state index contributed by atoms with van der Waals surface area (Å²) in [5.74, 6) is 0.171. The quantitative estimate of drug-likeness (QED) is 0.796. The van der Waals surface area contributed by atoms with Gasteiger partial charge in [-0.3, -0.25) is 4.79 Å². The number of hydrogen-bond acceptors (Lipinski definition) is 2. The van der Waals surface area contributed by atoms with Crippen LogP contribution in [0.25, 0.3) is 0 Å². The molecule has 0 bridgehead atoms.